The van der Waals surface area contributed by atoms with E-state index in [0.717, 1.165) is 24.8 Å². The molecule has 1 fully saturated rings. The lowest BCUT2D eigenvalue weighted by atomic mass is 10.1. The number of ether oxygens (including phenoxy) is 2. The zero-order valence-electron chi connectivity index (χ0n) is 12.9. The zero-order valence-corrected chi connectivity index (χ0v) is 13.7. The van der Waals surface area contributed by atoms with Crippen LogP contribution < -0.4 is 9.47 Å². The Morgan fingerprint density at radius 1 is 1.27 bits per heavy atom. The fraction of sp³-hybridized carbons (Fsp3) is 0.562. The Labute approximate surface area is 135 Å². The van der Waals surface area contributed by atoms with Gasteiger partial charge in [-0.3, -0.25) is 4.79 Å². The third-order valence-corrected chi connectivity index (χ3v) is 4.27. The highest BCUT2D eigenvalue weighted by atomic mass is 35.5. The first-order valence-corrected chi connectivity index (χ1v) is 7.88. The number of rotatable bonds is 6. The maximum Gasteiger partial charge on any atom is 0.238 e. The molecule has 5 nitrogen and oxygen atoms in total. The van der Waals surface area contributed by atoms with Crippen LogP contribution in [0.5, 0.6) is 11.5 Å². The number of carbonyl (C=O) groups is 1. The minimum absolute atomic E-state index is 0.0929. The van der Waals surface area contributed by atoms with E-state index >= 15 is 0 Å². The van der Waals surface area contributed by atoms with Crippen molar-refractivity contribution in [1.82, 2.24) is 4.90 Å². The average molecular weight is 328 g/mol. The Bertz CT molecular complexity index is 501. The maximum atomic E-state index is 12.2. The maximum absolute atomic E-state index is 12.2. The summed E-state index contributed by atoms with van der Waals surface area (Å²) in [5.41, 5.74) is 0.883. The molecule has 6 heteroatoms. The third kappa shape index (κ3) is 3.84. The van der Waals surface area contributed by atoms with E-state index in [0.29, 0.717) is 18.0 Å². The number of nitrogens with zero attached hydrogens (tertiary/aromatic N) is 1. The van der Waals surface area contributed by atoms with Gasteiger partial charge in [-0.15, -0.1) is 11.6 Å². The molecule has 0 heterocycles. The fourth-order valence-electron chi connectivity index (χ4n) is 2.91. The first kappa shape index (κ1) is 16.9. The Kier molecular flexibility index (Phi) is 5.91. The van der Waals surface area contributed by atoms with E-state index < -0.39 is 6.10 Å². The molecule has 1 N–H and O–H groups in total. The lowest BCUT2D eigenvalue weighted by Gasteiger charge is -2.31. The summed E-state index contributed by atoms with van der Waals surface area (Å²) >= 11 is 5.73. The number of aliphatic hydroxyl groups is 1. The molecule has 0 aliphatic heterocycles. The molecular formula is C16H22ClNO4. The van der Waals surface area contributed by atoms with Gasteiger partial charge < -0.3 is 19.5 Å². The van der Waals surface area contributed by atoms with Gasteiger partial charge in [0.05, 0.1) is 26.4 Å². The van der Waals surface area contributed by atoms with Crippen LogP contribution in [-0.4, -0.2) is 48.2 Å². The van der Waals surface area contributed by atoms with E-state index in [1.807, 2.05) is 12.1 Å². The van der Waals surface area contributed by atoms with E-state index in [-0.39, 0.29) is 17.8 Å². The molecule has 0 radical (unpaired) electrons. The quantitative estimate of drug-likeness (QED) is 0.814. The Hall–Kier alpha value is -1.46. The molecule has 2 atom stereocenters. The van der Waals surface area contributed by atoms with Crippen molar-refractivity contribution in [2.45, 2.75) is 38.0 Å². The van der Waals surface area contributed by atoms with E-state index in [4.69, 9.17) is 21.1 Å². The topological polar surface area (TPSA) is 59.0 Å². The van der Waals surface area contributed by atoms with Crippen molar-refractivity contribution in [3.05, 3.63) is 23.8 Å². The van der Waals surface area contributed by atoms with Gasteiger partial charge in [-0.1, -0.05) is 0 Å². The molecule has 2 rings (SSSR count). The summed E-state index contributed by atoms with van der Waals surface area (Å²) in [6.07, 6.45) is 1.95. The van der Waals surface area contributed by atoms with Gasteiger partial charge in [-0.25, -0.2) is 0 Å². The second-order valence-electron chi connectivity index (χ2n) is 5.44. The number of alkyl halides is 1. The lowest BCUT2D eigenvalue weighted by molar-refractivity contribution is -0.133. The van der Waals surface area contributed by atoms with Crippen LogP contribution in [0.15, 0.2) is 18.2 Å². The smallest absolute Gasteiger partial charge is 0.238 e. The molecule has 0 saturated heterocycles. The van der Waals surface area contributed by atoms with E-state index in [1.165, 1.54) is 0 Å². The number of aliphatic hydroxyl groups excluding tert-OH is 1. The van der Waals surface area contributed by atoms with Gasteiger partial charge in [0.25, 0.3) is 0 Å². The molecule has 0 unspecified atom stereocenters. The highest BCUT2D eigenvalue weighted by Crippen LogP contribution is 2.28. The molecule has 1 amide bonds. The largest absolute Gasteiger partial charge is 0.497 e. The van der Waals surface area contributed by atoms with Crippen LogP contribution in [0.2, 0.25) is 0 Å². The molecule has 0 spiro atoms. The van der Waals surface area contributed by atoms with Gasteiger partial charge in [-0.05, 0) is 37.0 Å². The van der Waals surface area contributed by atoms with Crippen molar-refractivity contribution in [3.63, 3.8) is 0 Å². The monoisotopic (exact) mass is 327 g/mol. The van der Waals surface area contributed by atoms with Crippen molar-refractivity contribution in [1.29, 1.82) is 0 Å². The second-order valence-corrected chi connectivity index (χ2v) is 5.71. The minimum atomic E-state index is -0.486. The van der Waals surface area contributed by atoms with Crippen molar-refractivity contribution >= 4 is 17.5 Å². The Morgan fingerprint density at radius 2 is 1.91 bits per heavy atom. The average Bonchev–Trinajstić information content (AvgIpc) is 2.97. The van der Waals surface area contributed by atoms with Gasteiger partial charge in [0.15, 0.2) is 0 Å². The molecule has 1 saturated carbocycles. The highest BCUT2D eigenvalue weighted by molar-refractivity contribution is 6.27. The number of benzene rings is 1. The molecule has 1 aliphatic rings. The van der Waals surface area contributed by atoms with Gasteiger partial charge in [0.1, 0.15) is 17.4 Å². The molecule has 1 aliphatic carbocycles. The zero-order chi connectivity index (χ0) is 16.1. The summed E-state index contributed by atoms with van der Waals surface area (Å²) in [5.74, 6) is 1.07. The highest BCUT2D eigenvalue weighted by Gasteiger charge is 2.33. The van der Waals surface area contributed by atoms with Crippen molar-refractivity contribution < 1.29 is 19.4 Å². The van der Waals surface area contributed by atoms with Gasteiger partial charge in [0.2, 0.25) is 5.91 Å². The predicted molar refractivity (Wildman–Crippen MR) is 84.5 cm³/mol. The number of hydrogen-bond donors (Lipinski definition) is 1. The van der Waals surface area contributed by atoms with Crippen LogP contribution in [0.25, 0.3) is 0 Å². The summed E-state index contributed by atoms with van der Waals surface area (Å²) in [7, 11) is 3.17. The normalized spacial score (nSPS) is 20.7. The molecule has 1 aromatic carbocycles. The summed E-state index contributed by atoms with van der Waals surface area (Å²) in [4.78, 5) is 13.8. The Balaban J connectivity index is 2.24. The fourth-order valence-corrected chi connectivity index (χ4v) is 3.06. The van der Waals surface area contributed by atoms with Crippen LogP contribution in [0.1, 0.15) is 24.8 Å². The Morgan fingerprint density at radius 3 is 2.36 bits per heavy atom. The van der Waals surface area contributed by atoms with Crippen LogP contribution in [0.3, 0.4) is 0 Å². The van der Waals surface area contributed by atoms with Gasteiger partial charge in [-0.2, -0.15) is 0 Å². The minimum Gasteiger partial charge on any atom is -0.497 e. The summed E-state index contributed by atoms with van der Waals surface area (Å²) in [5, 5.41) is 10.1. The molecular weight excluding hydrogens is 306 g/mol. The first-order valence-electron chi connectivity index (χ1n) is 7.34. The van der Waals surface area contributed by atoms with E-state index in [2.05, 4.69) is 0 Å². The lowest BCUT2D eigenvalue weighted by Crippen LogP contribution is -2.44. The first-order chi connectivity index (χ1) is 10.6. The summed E-state index contributed by atoms with van der Waals surface area (Å²) < 4.78 is 10.5. The summed E-state index contributed by atoms with van der Waals surface area (Å²) in [6, 6.07) is 5.32. The van der Waals surface area contributed by atoms with E-state index in [9.17, 15) is 9.90 Å². The molecule has 122 valence electrons. The molecule has 22 heavy (non-hydrogen) atoms. The number of carbonyl (C=O) groups excluding carboxylic acids is 1. The van der Waals surface area contributed by atoms with Crippen LogP contribution in [0.4, 0.5) is 0 Å². The van der Waals surface area contributed by atoms with Crippen LogP contribution in [-0.2, 0) is 11.3 Å². The second kappa shape index (κ2) is 7.70. The SMILES string of the molecule is COc1cc(CN(C(=O)CCl)[C@@H]2CCC[C@H]2O)cc(OC)c1. The molecule has 0 bridgehead atoms. The number of amides is 1. The van der Waals surface area contributed by atoms with Crippen molar-refractivity contribution in [2.75, 3.05) is 20.1 Å². The number of halogens is 1. The van der Waals surface area contributed by atoms with Crippen LogP contribution in [0, 0.1) is 0 Å². The third-order valence-electron chi connectivity index (χ3n) is 4.04. The number of methoxy groups -OCH3 is 2. The van der Waals surface area contributed by atoms with Crippen molar-refractivity contribution in [2.24, 2.45) is 0 Å². The molecule has 0 aromatic heterocycles. The van der Waals surface area contributed by atoms with Gasteiger partial charge >= 0.3 is 0 Å². The standard InChI is InChI=1S/C16H22ClNO4/c1-21-12-6-11(7-13(8-12)22-2)10-18(16(20)9-17)14-4-3-5-15(14)19/h6-8,14-15,19H,3-5,9-10H2,1-2H3/t14-,15-/m1/s1. The van der Waals surface area contributed by atoms with Gasteiger partial charge in [0, 0.05) is 12.6 Å². The number of hydrogen-bond acceptors (Lipinski definition) is 4. The van der Waals surface area contributed by atoms with Crippen molar-refractivity contribution in [3.8, 4) is 11.5 Å². The van der Waals surface area contributed by atoms with Crippen LogP contribution >= 0.6 is 11.6 Å². The van der Waals surface area contributed by atoms with E-state index in [1.54, 1.807) is 25.2 Å². The predicted octanol–water partition coefficient (Wildman–Crippen LogP) is 2.18. The molecule has 1 aromatic rings. The summed E-state index contributed by atoms with van der Waals surface area (Å²) in [6.45, 7) is 0.376.